The van der Waals surface area contributed by atoms with Crippen molar-refractivity contribution in [2.45, 2.75) is 25.4 Å². The number of benzene rings is 2. The highest BCUT2D eigenvalue weighted by Crippen LogP contribution is 2.31. The van der Waals surface area contributed by atoms with Crippen LogP contribution in [-0.4, -0.2) is 6.04 Å². The van der Waals surface area contributed by atoms with Crippen LogP contribution in [0.25, 0.3) is 0 Å². The molecule has 0 atom stereocenters. The Labute approximate surface area is 122 Å². The van der Waals surface area contributed by atoms with E-state index in [4.69, 9.17) is 16.3 Å². The molecule has 104 valence electrons. The van der Waals surface area contributed by atoms with Crippen molar-refractivity contribution in [1.29, 1.82) is 0 Å². The normalized spacial score (nSPS) is 14.3. The maximum atomic E-state index is 13.9. The van der Waals surface area contributed by atoms with E-state index in [0.29, 0.717) is 11.8 Å². The molecule has 0 unspecified atom stereocenters. The SMILES string of the molecule is Fc1c(Cl)cccc1Oc1ccccc1CNC1CC1. The van der Waals surface area contributed by atoms with Crippen LogP contribution in [0.1, 0.15) is 18.4 Å². The molecule has 0 amide bonds. The van der Waals surface area contributed by atoms with Crippen molar-refractivity contribution in [2.24, 2.45) is 0 Å². The summed E-state index contributed by atoms with van der Waals surface area (Å²) in [6.07, 6.45) is 2.46. The highest BCUT2D eigenvalue weighted by molar-refractivity contribution is 6.30. The summed E-state index contributed by atoms with van der Waals surface area (Å²) in [5.41, 5.74) is 1.01. The fourth-order valence-corrected chi connectivity index (χ4v) is 2.14. The molecule has 1 saturated carbocycles. The van der Waals surface area contributed by atoms with Crippen LogP contribution >= 0.6 is 11.6 Å². The molecule has 1 N–H and O–H groups in total. The number of para-hydroxylation sites is 1. The molecule has 3 rings (SSSR count). The molecule has 0 aromatic heterocycles. The Morgan fingerprint density at radius 1 is 1.10 bits per heavy atom. The molecule has 2 nitrogen and oxygen atoms in total. The molecule has 1 aliphatic carbocycles. The molecule has 4 heteroatoms. The van der Waals surface area contributed by atoms with E-state index in [1.165, 1.54) is 18.9 Å². The van der Waals surface area contributed by atoms with Gasteiger partial charge < -0.3 is 10.1 Å². The molecule has 2 aromatic rings. The molecular weight excluding hydrogens is 277 g/mol. The molecule has 2 aromatic carbocycles. The molecule has 20 heavy (non-hydrogen) atoms. The molecule has 0 aliphatic heterocycles. The fourth-order valence-electron chi connectivity index (χ4n) is 1.97. The minimum Gasteiger partial charge on any atom is -0.454 e. The zero-order valence-corrected chi connectivity index (χ0v) is 11.7. The van der Waals surface area contributed by atoms with Crippen LogP contribution in [0.15, 0.2) is 42.5 Å². The standard InChI is InChI=1S/C16H15ClFNO/c17-13-5-3-7-15(16(13)18)20-14-6-2-1-4-11(14)10-19-12-8-9-12/h1-7,12,19H,8-10H2. The van der Waals surface area contributed by atoms with Gasteiger partial charge in [0.2, 0.25) is 0 Å². The first-order chi connectivity index (χ1) is 9.74. The van der Waals surface area contributed by atoms with Gasteiger partial charge in [-0.2, -0.15) is 0 Å². The Kier molecular flexibility index (Phi) is 3.90. The lowest BCUT2D eigenvalue weighted by Gasteiger charge is -2.12. The third-order valence-electron chi connectivity index (χ3n) is 3.27. The highest BCUT2D eigenvalue weighted by atomic mass is 35.5. The Bertz CT molecular complexity index is 613. The van der Waals surface area contributed by atoms with Crippen LogP contribution in [0, 0.1) is 5.82 Å². The lowest BCUT2D eigenvalue weighted by Crippen LogP contribution is -2.15. The van der Waals surface area contributed by atoms with E-state index >= 15 is 0 Å². The minimum absolute atomic E-state index is 0.0658. The molecule has 0 heterocycles. The molecule has 1 fully saturated rings. The van der Waals surface area contributed by atoms with Gasteiger partial charge in [-0.15, -0.1) is 0 Å². The first-order valence-electron chi connectivity index (χ1n) is 6.67. The van der Waals surface area contributed by atoms with Gasteiger partial charge in [-0.3, -0.25) is 0 Å². The number of ether oxygens (including phenoxy) is 1. The van der Waals surface area contributed by atoms with Crippen LogP contribution in [0.5, 0.6) is 11.5 Å². The Hall–Kier alpha value is -1.58. The predicted molar refractivity (Wildman–Crippen MR) is 77.8 cm³/mol. The van der Waals surface area contributed by atoms with Gasteiger partial charge in [-0.1, -0.05) is 35.9 Å². The van der Waals surface area contributed by atoms with Crippen molar-refractivity contribution in [1.82, 2.24) is 5.32 Å². The highest BCUT2D eigenvalue weighted by Gasteiger charge is 2.20. The Balaban J connectivity index is 1.80. The van der Waals surface area contributed by atoms with Gasteiger partial charge in [0, 0.05) is 18.2 Å². The summed E-state index contributed by atoms with van der Waals surface area (Å²) in [5, 5.41) is 3.49. The summed E-state index contributed by atoms with van der Waals surface area (Å²) in [4.78, 5) is 0. The maximum Gasteiger partial charge on any atom is 0.184 e. The molecular formula is C16H15ClFNO. The van der Waals surface area contributed by atoms with Gasteiger partial charge in [-0.25, -0.2) is 4.39 Å². The predicted octanol–water partition coefficient (Wildman–Crippen LogP) is 4.52. The number of rotatable bonds is 5. The van der Waals surface area contributed by atoms with Gasteiger partial charge in [0.05, 0.1) is 5.02 Å². The monoisotopic (exact) mass is 291 g/mol. The molecule has 0 spiro atoms. The maximum absolute atomic E-state index is 13.9. The van der Waals surface area contributed by atoms with E-state index in [1.807, 2.05) is 24.3 Å². The van der Waals surface area contributed by atoms with E-state index in [9.17, 15) is 4.39 Å². The number of hydrogen-bond acceptors (Lipinski definition) is 2. The summed E-state index contributed by atoms with van der Waals surface area (Å²) in [7, 11) is 0. The smallest absolute Gasteiger partial charge is 0.184 e. The molecule has 0 saturated heterocycles. The van der Waals surface area contributed by atoms with E-state index in [0.717, 1.165) is 12.1 Å². The first-order valence-corrected chi connectivity index (χ1v) is 7.05. The average Bonchev–Trinajstić information content (AvgIpc) is 3.27. The first kappa shape index (κ1) is 13.4. The summed E-state index contributed by atoms with van der Waals surface area (Å²) >= 11 is 5.76. The largest absolute Gasteiger partial charge is 0.454 e. The summed E-state index contributed by atoms with van der Waals surface area (Å²) in [6.45, 7) is 0.725. The lowest BCUT2D eigenvalue weighted by molar-refractivity contribution is 0.436. The Morgan fingerprint density at radius 2 is 1.85 bits per heavy atom. The second kappa shape index (κ2) is 5.81. The Morgan fingerprint density at radius 3 is 2.65 bits per heavy atom. The average molecular weight is 292 g/mol. The summed E-state index contributed by atoms with van der Waals surface area (Å²) in [6, 6.07) is 13.0. The van der Waals surface area contributed by atoms with Crippen LogP contribution < -0.4 is 10.1 Å². The third kappa shape index (κ3) is 3.11. The van der Waals surface area contributed by atoms with Crippen molar-refractivity contribution in [3.8, 4) is 11.5 Å². The van der Waals surface area contributed by atoms with Gasteiger partial charge in [0.15, 0.2) is 11.6 Å². The number of hydrogen-bond donors (Lipinski definition) is 1. The van der Waals surface area contributed by atoms with E-state index < -0.39 is 5.82 Å². The van der Waals surface area contributed by atoms with Gasteiger partial charge in [0.25, 0.3) is 0 Å². The van der Waals surface area contributed by atoms with Crippen molar-refractivity contribution in [2.75, 3.05) is 0 Å². The fraction of sp³-hybridized carbons (Fsp3) is 0.250. The third-order valence-corrected chi connectivity index (χ3v) is 3.56. The van der Waals surface area contributed by atoms with Crippen LogP contribution in [0.3, 0.4) is 0 Å². The van der Waals surface area contributed by atoms with Crippen molar-refractivity contribution in [3.63, 3.8) is 0 Å². The van der Waals surface area contributed by atoms with Crippen LogP contribution in [0.4, 0.5) is 4.39 Å². The van der Waals surface area contributed by atoms with E-state index in [2.05, 4.69) is 5.32 Å². The summed E-state index contributed by atoms with van der Waals surface area (Å²) < 4.78 is 19.5. The molecule has 0 bridgehead atoms. The van der Waals surface area contributed by atoms with Gasteiger partial charge >= 0.3 is 0 Å². The van der Waals surface area contributed by atoms with Crippen LogP contribution in [-0.2, 0) is 6.54 Å². The topological polar surface area (TPSA) is 21.3 Å². The quantitative estimate of drug-likeness (QED) is 0.874. The number of nitrogens with one attached hydrogen (secondary N) is 1. The van der Waals surface area contributed by atoms with Gasteiger partial charge in [-0.05, 0) is 31.0 Å². The van der Waals surface area contributed by atoms with E-state index in [-0.39, 0.29) is 10.8 Å². The minimum atomic E-state index is -0.529. The summed E-state index contributed by atoms with van der Waals surface area (Å²) in [5.74, 6) is 0.275. The number of halogens is 2. The van der Waals surface area contributed by atoms with E-state index in [1.54, 1.807) is 12.1 Å². The lowest BCUT2D eigenvalue weighted by atomic mass is 10.2. The zero-order valence-electron chi connectivity index (χ0n) is 10.9. The van der Waals surface area contributed by atoms with Crippen LogP contribution in [0.2, 0.25) is 5.02 Å². The van der Waals surface area contributed by atoms with Crippen molar-refractivity contribution >= 4 is 11.6 Å². The van der Waals surface area contributed by atoms with Crippen molar-refractivity contribution in [3.05, 3.63) is 58.9 Å². The second-order valence-corrected chi connectivity index (χ2v) is 5.32. The zero-order chi connectivity index (χ0) is 13.9. The van der Waals surface area contributed by atoms with Crippen molar-refractivity contribution < 1.29 is 9.13 Å². The van der Waals surface area contributed by atoms with Gasteiger partial charge in [0.1, 0.15) is 5.75 Å². The molecule has 0 radical (unpaired) electrons. The molecule has 1 aliphatic rings. The second-order valence-electron chi connectivity index (χ2n) is 4.92.